The number of non-ortho nitro benzene ring substituents is 1. The lowest BCUT2D eigenvalue weighted by atomic mass is 10.1. The number of rotatable bonds is 5. The molecular formula is C20H20ClN5O5. The molecule has 0 saturated heterocycles. The van der Waals surface area contributed by atoms with Crippen molar-refractivity contribution in [3.8, 4) is 0 Å². The number of ether oxygens (including phenoxy) is 1. The van der Waals surface area contributed by atoms with Gasteiger partial charge in [-0.05, 0) is 48.9 Å². The zero-order valence-corrected chi connectivity index (χ0v) is 17.8. The summed E-state index contributed by atoms with van der Waals surface area (Å²) in [4.78, 5) is 35.7. The largest absolute Gasteiger partial charge is 0.460 e. The molecule has 0 fully saturated rings. The van der Waals surface area contributed by atoms with Crippen LogP contribution in [0.4, 0.5) is 11.4 Å². The van der Waals surface area contributed by atoms with Gasteiger partial charge in [0.25, 0.3) is 11.5 Å². The van der Waals surface area contributed by atoms with Crippen molar-refractivity contribution in [2.24, 2.45) is 5.10 Å². The van der Waals surface area contributed by atoms with Gasteiger partial charge in [0.05, 0.1) is 17.2 Å². The first kappa shape index (κ1) is 22.0. The fraction of sp³-hybridized carbons (Fsp3) is 0.250. The molecule has 0 unspecified atom stereocenters. The highest BCUT2D eigenvalue weighted by atomic mass is 35.5. The maximum absolute atomic E-state index is 12.6. The molecule has 3 rings (SSSR count). The number of likely N-dealkylation sites (N-methyl/N-ethyl adjacent to an activating group) is 1. The molecule has 1 atom stereocenters. The van der Waals surface area contributed by atoms with Crippen LogP contribution in [0.15, 0.2) is 53.6 Å². The van der Waals surface area contributed by atoms with Crippen molar-refractivity contribution in [2.45, 2.75) is 20.0 Å². The standard InChI is InChI=1S/C20H20ClN5O5/c1-4-31-20(28)18-22-24(16-11-7-15(21)8-12-16)19(25(13(2)27)23(18)3)14-5-9-17(10-6-14)26(29)30/h5-12,19H,4H2,1-3H3/t19-/m0/s1. The van der Waals surface area contributed by atoms with Crippen molar-refractivity contribution in [3.05, 3.63) is 69.2 Å². The van der Waals surface area contributed by atoms with Crippen LogP contribution < -0.4 is 5.01 Å². The van der Waals surface area contributed by atoms with Gasteiger partial charge >= 0.3 is 5.97 Å². The number of anilines is 1. The zero-order chi connectivity index (χ0) is 22.7. The molecule has 0 spiro atoms. The quantitative estimate of drug-likeness (QED) is 0.394. The van der Waals surface area contributed by atoms with Gasteiger partial charge in [0.1, 0.15) is 0 Å². The first-order chi connectivity index (χ1) is 14.7. The van der Waals surface area contributed by atoms with E-state index < -0.39 is 17.1 Å². The number of halogens is 1. The number of hydrazone groups is 1. The lowest BCUT2D eigenvalue weighted by molar-refractivity contribution is -0.384. The van der Waals surface area contributed by atoms with Crippen molar-refractivity contribution in [1.82, 2.24) is 10.0 Å². The number of hydrazine groups is 1. The Kier molecular flexibility index (Phi) is 6.40. The normalized spacial score (nSPS) is 16.1. The molecule has 0 radical (unpaired) electrons. The Labute approximate surface area is 183 Å². The van der Waals surface area contributed by atoms with E-state index in [-0.39, 0.29) is 24.0 Å². The topological polar surface area (TPSA) is 109 Å². The molecule has 0 aliphatic carbocycles. The fourth-order valence-corrected chi connectivity index (χ4v) is 3.31. The van der Waals surface area contributed by atoms with Gasteiger partial charge in [-0.25, -0.2) is 14.8 Å². The third kappa shape index (κ3) is 4.43. The van der Waals surface area contributed by atoms with Gasteiger partial charge in [-0.3, -0.25) is 19.9 Å². The summed E-state index contributed by atoms with van der Waals surface area (Å²) in [6, 6.07) is 12.5. The predicted molar refractivity (Wildman–Crippen MR) is 114 cm³/mol. The second-order valence-electron chi connectivity index (χ2n) is 6.57. The molecule has 0 bridgehead atoms. The Morgan fingerprint density at radius 2 is 1.77 bits per heavy atom. The summed E-state index contributed by atoms with van der Waals surface area (Å²) in [7, 11) is 1.52. The highest BCUT2D eigenvalue weighted by Gasteiger charge is 2.40. The van der Waals surface area contributed by atoms with Gasteiger partial charge in [-0.2, -0.15) is 0 Å². The minimum Gasteiger partial charge on any atom is -0.460 e. The summed E-state index contributed by atoms with van der Waals surface area (Å²) in [6.07, 6.45) is -0.817. The van der Waals surface area contributed by atoms with Crippen LogP contribution in [-0.4, -0.2) is 46.3 Å². The van der Waals surface area contributed by atoms with E-state index in [0.717, 1.165) is 0 Å². The van der Waals surface area contributed by atoms with Crippen LogP contribution in [-0.2, 0) is 14.3 Å². The summed E-state index contributed by atoms with van der Waals surface area (Å²) in [6.45, 7) is 3.15. The van der Waals surface area contributed by atoms with Crippen molar-refractivity contribution in [1.29, 1.82) is 0 Å². The maximum Gasteiger partial charge on any atom is 0.377 e. The Bertz CT molecular complexity index is 1030. The molecule has 1 aliphatic heterocycles. The number of esters is 1. The average Bonchev–Trinajstić information content (AvgIpc) is 2.74. The molecule has 1 heterocycles. The van der Waals surface area contributed by atoms with Crippen molar-refractivity contribution < 1.29 is 19.2 Å². The minimum absolute atomic E-state index is 0.0870. The molecule has 2 aromatic rings. The molecule has 0 aromatic heterocycles. The zero-order valence-electron chi connectivity index (χ0n) is 17.1. The Hall–Kier alpha value is -3.66. The van der Waals surface area contributed by atoms with E-state index in [2.05, 4.69) is 5.10 Å². The van der Waals surface area contributed by atoms with E-state index >= 15 is 0 Å². The Morgan fingerprint density at radius 1 is 1.16 bits per heavy atom. The molecule has 31 heavy (non-hydrogen) atoms. The minimum atomic E-state index is -0.817. The number of carbonyl (C=O) groups is 2. The van der Waals surface area contributed by atoms with Crippen LogP contribution in [0.2, 0.25) is 5.02 Å². The predicted octanol–water partition coefficient (Wildman–Crippen LogP) is 3.34. The highest BCUT2D eigenvalue weighted by Crippen LogP contribution is 2.36. The molecule has 2 aromatic carbocycles. The van der Waals surface area contributed by atoms with Crippen LogP contribution in [0.5, 0.6) is 0 Å². The van der Waals surface area contributed by atoms with Crippen molar-refractivity contribution in [2.75, 3.05) is 18.7 Å². The van der Waals surface area contributed by atoms with Crippen LogP contribution >= 0.6 is 11.6 Å². The summed E-state index contributed by atoms with van der Waals surface area (Å²) in [5.74, 6) is -1.16. The molecule has 1 amide bonds. The Morgan fingerprint density at radius 3 is 2.29 bits per heavy atom. The number of amidine groups is 1. The van der Waals surface area contributed by atoms with Crippen molar-refractivity contribution >= 4 is 40.7 Å². The third-order valence-electron chi connectivity index (χ3n) is 4.57. The molecule has 11 heteroatoms. The fourth-order valence-electron chi connectivity index (χ4n) is 3.19. The van der Waals surface area contributed by atoms with E-state index in [4.69, 9.17) is 16.3 Å². The van der Waals surface area contributed by atoms with Gasteiger partial charge < -0.3 is 4.74 Å². The highest BCUT2D eigenvalue weighted by molar-refractivity contribution is 6.35. The van der Waals surface area contributed by atoms with E-state index in [1.807, 2.05) is 0 Å². The van der Waals surface area contributed by atoms with Gasteiger partial charge in [-0.1, -0.05) is 11.6 Å². The number of benzene rings is 2. The molecule has 0 saturated carbocycles. The molecule has 10 nitrogen and oxygen atoms in total. The van der Waals surface area contributed by atoms with Crippen LogP contribution in [0.25, 0.3) is 0 Å². The SMILES string of the molecule is CCOC(=O)C1=NN(c2ccc(Cl)cc2)[C@H](c2ccc([N+](=O)[O-])cc2)N(C(C)=O)N1C. The van der Waals surface area contributed by atoms with Gasteiger partial charge in [0.15, 0.2) is 6.17 Å². The number of hydrogen-bond acceptors (Lipinski definition) is 8. The molecule has 0 N–H and O–H groups in total. The van der Waals surface area contributed by atoms with Crippen LogP contribution in [0.3, 0.4) is 0 Å². The third-order valence-corrected chi connectivity index (χ3v) is 4.82. The number of nitro benzene ring substituents is 1. The molecular weight excluding hydrogens is 426 g/mol. The van der Waals surface area contributed by atoms with Crippen LogP contribution in [0, 0.1) is 10.1 Å². The summed E-state index contributed by atoms with van der Waals surface area (Å²) in [5, 5.41) is 20.1. The summed E-state index contributed by atoms with van der Waals surface area (Å²) in [5.41, 5.74) is 1.01. The molecule has 162 valence electrons. The van der Waals surface area contributed by atoms with Crippen molar-refractivity contribution in [3.63, 3.8) is 0 Å². The number of carbonyl (C=O) groups excluding carboxylic acids is 2. The first-order valence-electron chi connectivity index (χ1n) is 9.33. The number of amides is 1. The second kappa shape index (κ2) is 9.00. The molecule has 1 aliphatic rings. The Balaban J connectivity index is 2.19. The number of nitro groups is 1. The number of hydrogen-bond donors (Lipinski definition) is 0. The number of nitrogens with zero attached hydrogens (tertiary/aromatic N) is 5. The second-order valence-corrected chi connectivity index (χ2v) is 7.01. The summed E-state index contributed by atoms with van der Waals surface area (Å²) >= 11 is 6.01. The lowest BCUT2D eigenvalue weighted by Crippen LogP contribution is -2.58. The monoisotopic (exact) mass is 445 g/mol. The van der Waals surface area contributed by atoms with Gasteiger partial charge in [0.2, 0.25) is 5.91 Å². The van der Waals surface area contributed by atoms with E-state index in [1.54, 1.807) is 43.3 Å². The van der Waals surface area contributed by atoms with E-state index in [9.17, 15) is 19.7 Å². The maximum atomic E-state index is 12.6. The van der Waals surface area contributed by atoms with Gasteiger partial charge in [0, 0.05) is 31.1 Å². The van der Waals surface area contributed by atoms with Gasteiger partial charge in [-0.15, -0.1) is 5.10 Å². The lowest BCUT2D eigenvalue weighted by Gasteiger charge is -2.46. The average molecular weight is 446 g/mol. The smallest absolute Gasteiger partial charge is 0.377 e. The first-order valence-corrected chi connectivity index (χ1v) is 9.70. The van der Waals surface area contributed by atoms with E-state index in [1.165, 1.54) is 41.1 Å². The van der Waals surface area contributed by atoms with Crippen LogP contribution in [0.1, 0.15) is 25.6 Å². The summed E-state index contributed by atoms with van der Waals surface area (Å²) < 4.78 is 5.09. The van der Waals surface area contributed by atoms with E-state index in [0.29, 0.717) is 16.3 Å².